The number of ether oxygens (including phenoxy) is 1. The number of nitro groups is 1. The van der Waals surface area contributed by atoms with Crippen molar-refractivity contribution in [2.45, 2.75) is 6.73 Å². The van der Waals surface area contributed by atoms with Crippen LogP contribution in [-0.2, 0) is 6.73 Å². The van der Waals surface area contributed by atoms with Crippen molar-refractivity contribution in [3.05, 3.63) is 52.3 Å². The van der Waals surface area contributed by atoms with E-state index in [0.29, 0.717) is 17.6 Å². The number of benzene rings is 1. The zero-order valence-corrected chi connectivity index (χ0v) is 9.22. The topological polar surface area (TPSA) is 87.3 Å². The Labute approximate surface area is 102 Å². The highest BCUT2D eigenvalue weighted by Gasteiger charge is 2.08. The summed E-state index contributed by atoms with van der Waals surface area (Å²) in [7, 11) is 0. The molecule has 92 valence electrons. The first-order chi connectivity index (χ1) is 8.69. The molecule has 0 spiro atoms. The molecule has 0 unspecified atom stereocenters. The van der Waals surface area contributed by atoms with Gasteiger partial charge in [0.25, 0.3) is 0 Å². The molecule has 0 atom stereocenters. The number of nitrogens with zero attached hydrogens (tertiary/aromatic N) is 3. The molecule has 0 saturated carbocycles. The van der Waals surface area contributed by atoms with E-state index in [1.807, 2.05) is 0 Å². The van der Waals surface area contributed by atoms with Crippen LogP contribution in [0.4, 0.5) is 5.69 Å². The minimum atomic E-state index is -0.531. The summed E-state index contributed by atoms with van der Waals surface area (Å²) < 4.78 is 6.64. The predicted molar refractivity (Wildman–Crippen MR) is 61.3 cm³/mol. The van der Waals surface area contributed by atoms with Crippen LogP contribution in [0.1, 0.15) is 10.4 Å². The molecule has 0 N–H and O–H groups in total. The molecule has 7 nitrogen and oxygen atoms in total. The molecule has 18 heavy (non-hydrogen) atoms. The monoisotopic (exact) mass is 247 g/mol. The highest BCUT2D eigenvalue weighted by Crippen LogP contribution is 2.13. The van der Waals surface area contributed by atoms with Gasteiger partial charge < -0.3 is 4.74 Å². The van der Waals surface area contributed by atoms with Crippen molar-refractivity contribution in [2.24, 2.45) is 0 Å². The van der Waals surface area contributed by atoms with Gasteiger partial charge in [-0.15, -0.1) is 0 Å². The molecular weight excluding hydrogens is 238 g/mol. The van der Waals surface area contributed by atoms with Crippen molar-refractivity contribution in [3.8, 4) is 5.75 Å². The number of aromatic nitrogens is 2. The van der Waals surface area contributed by atoms with E-state index >= 15 is 0 Å². The van der Waals surface area contributed by atoms with Gasteiger partial charge in [-0.05, 0) is 12.1 Å². The lowest BCUT2D eigenvalue weighted by Gasteiger charge is -2.05. The van der Waals surface area contributed by atoms with Crippen molar-refractivity contribution in [1.82, 2.24) is 9.78 Å². The Morgan fingerprint density at radius 1 is 1.50 bits per heavy atom. The van der Waals surface area contributed by atoms with Crippen molar-refractivity contribution in [3.63, 3.8) is 0 Å². The average molecular weight is 247 g/mol. The summed E-state index contributed by atoms with van der Waals surface area (Å²) in [5.41, 5.74) is 0.402. The molecule has 2 rings (SSSR count). The van der Waals surface area contributed by atoms with Gasteiger partial charge in [-0.3, -0.25) is 14.9 Å². The third-order valence-electron chi connectivity index (χ3n) is 2.19. The van der Waals surface area contributed by atoms with E-state index < -0.39 is 4.92 Å². The number of carbonyl (C=O) groups excluding carboxylic acids is 1. The van der Waals surface area contributed by atoms with E-state index in [1.165, 1.54) is 10.9 Å². The Bertz CT molecular complexity index is 579. The van der Waals surface area contributed by atoms with Gasteiger partial charge in [-0.2, -0.15) is 5.10 Å². The van der Waals surface area contributed by atoms with Gasteiger partial charge in [0.1, 0.15) is 24.4 Å². The van der Waals surface area contributed by atoms with E-state index in [2.05, 4.69) is 5.10 Å². The molecule has 7 heteroatoms. The lowest BCUT2D eigenvalue weighted by molar-refractivity contribution is -0.385. The van der Waals surface area contributed by atoms with E-state index in [9.17, 15) is 14.9 Å². The zero-order chi connectivity index (χ0) is 13.0. The number of hydrogen-bond acceptors (Lipinski definition) is 5. The molecule has 0 fully saturated rings. The van der Waals surface area contributed by atoms with E-state index in [4.69, 9.17) is 4.74 Å². The number of carbonyl (C=O) groups is 1. The number of rotatable bonds is 5. The van der Waals surface area contributed by atoms with E-state index in [-0.39, 0.29) is 12.4 Å². The standard InChI is InChI=1S/C11H9N3O4/c15-7-9-2-1-3-11(4-9)18-8-13-6-10(5-12-13)14(16)17/h1-7H,8H2. The number of hydrogen-bond donors (Lipinski definition) is 0. The number of aldehydes is 1. The van der Waals surface area contributed by atoms with Gasteiger partial charge in [-0.1, -0.05) is 12.1 Å². The molecule has 0 aliphatic carbocycles. The maximum Gasteiger partial charge on any atom is 0.307 e. The summed E-state index contributed by atoms with van der Waals surface area (Å²) >= 11 is 0. The van der Waals surface area contributed by atoms with Gasteiger partial charge in [-0.25, -0.2) is 4.68 Å². The fraction of sp³-hybridized carbons (Fsp3) is 0.0909. The maximum absolute atomic E-state index is 10.6. The second kappa shape index (κ2) is 5.09. The summed E-state index contributed by atoms with van der Waals surface area (Å²) in [6.07, 6.45) is 3.13. The fourth-order valence-corrected chi connectivity index (χ4v) is 1.34. The molecule has 0 bridgehead atoms. The summed E-state index contributed by atoms with van der Waals surface area (Å²) in [6, 6.07) is 6.60. The van der Waals surface area contributed by atoms with Crippen molar-refractivity contribution >= 4 is 12.0 Å². The van der Waals surface area contributed by atoms with Gasteiger partial charge in [0, 0.05) is 5.56 Å². The normalized spacial score (nSPS) is 10.0. The minimum Gasteiger partial charge on any atom is -0.471 e. The van der Waals surface area contributed by atoms with E-state index in [1.54, 1.807) is 24.3 Å². The maximum atomic E-state index is 10.6. The van der Waals surface area contributed by atoms with Crippen molar-refractivity contribution < 1.29 is 14.5 Å². The first-order valence-electron chi connectivity index (χ1n) is 5.04. The summed E-state index contributed by atoms with van der Waals surface area (Å²) in [5.74, 6) is 0.498. The quantitative estimate of drug-likeness (QED) is 0.455. The SMILES string of the molecule is O=Cc1cccc(OCn2cc([N+](=O)[O-])cn2)c1. The molecule has 0 aliphatic rings. The van der Waals surface area contributed by atoms with Gasteiger partial charge in [0.15, 0.2) is 6.73 Å². The largest absolute Gasteiger partial charge is 0.471 e. The van der Waals surface area contributed by atoms with Crippen LogP contribution in [0, 0.1) is 10.1 Å². The van der Waals surface area contributed by atoms with Crippen LogP contribution in [-0.4, -0.2) is 21.0 Å². The average Bonchev–Trinajstić information content (AvgIpc) is 2.85. The summed E-state index contributed by atoms with van der Waals surface area (Å²) in [5, 5.41) is 14.2. The Hall–Kier alpha value is -2.70. The van der Waals surface area contributed by atoms with Crippen LogP contribution in [0.5, 0.6) is 5.75 Å². The fourth-order valence-electron chi connectivity index (χ4n) is 1.34. The van der Waals surface area contributed by atoms with Crippen molar-refractivity contribution in [2.75, 3.05) is 0 Å². The summed E-state index contributed by atoms with van der Waals surface area (Å²) in [4.78, 5) is 20.5. The molecule has 2 aromatic rings. The summed E-state index contributed by atoms with van der Waals surface area (Å²) in [6.45, 7) is 0.0378. The van der Waals surface area contributed by atoms with Crippen LogP contribution >= 0.6 is 0 Å². The second-order valence-corrected chi connectivity index (χ2v) is 3.46. The molecule has 1 heterocycles. The molecule has 1 aromatic carbocycles. The third-order valence-corrected chi connectivity index (χ3v) is 2.19. The van der Waals surface area contributed by atoms with Crippen LogP contribution < -0.4 is 4.74 Å². The van der Waals surface area contributed by atoms with Crippen LogP contribution in [0.25, 0.3) is 0 Å². The Kier molecular flexibility index (Phi) is 3.33. The first kappa shape index (κ1) is 11.8. The lowest BCUT2D eigenvalue weighted by Crippen LogP contribution is -2.05. The molecular formula is C11H9N3O4. The predicted octanol–water partition coefficient (Wildman–Crippen LogP) is 1.64. The van der Waals surface area contributed by atoms with Crippen molar-refractivity contribution in [1.29, 1.82) is 0 Å². The van der Waals surface area contributed by atoms with Gasteiger partial charge in [0.2, 0.25) is 0 Å². The van der Waals surface area contributed by atoms with E-state index in [0.717, 1.165) is 6.20 Å². The van der Waals surface area contributed by atoms with Crippen LogP contribution in [0.2, 0.25) is 0 Å². The van der Waals surface area contributed by atoms with Gasteiger partial charge >= 0.3 is 5.69 Å². The second-order valence-electron chi connectivity index (χ2n) is 3.46. The third kappa shape index (κ3) is 2.70. The molecule has 0 saturated heterocycles. The van der Waals surface area contributed by atoms with Crippen LogP contribution in [0.15, 0.2) is 36.7 Å². The zero-order valence-electron chi connectivity index (χ0n) is 9.22. The molecule has 1 aromatic heterocycles. The highest BCUT2D eigenvalue weighted by atomic mass is 16.6. The Balaban J connectivity index is 2.01. The molecule has 0 aliphatic heterocycles. The first-order valence-corrected chi connectivity index (χ1v) is 5.04. The van der Waals surface area contributed by atoms with Gasteiger partial charge in [0.05, 0.1) is 4.92 Å². The molecule has 0 radical (unpaired) electrons. The smallest absolute Gasteiger partial charge is 0.307 e. The Morgan fingerprint density at radius 3 is 3.00 bits per heavy atom. The minimum absolute atomic E-state index is 0.0378. The Morgan fingerprint density at radius 2 is 2.33 bits per heavy atom. The highest BCUT2D eigenvalue weighted by molar-refractivity contribution is 5.75. The lowest BCUT2D eigenvalue weighted by atomic mass is 10.2. The van der Waals surface area contributed by atoms with Crippen LogP contribution in [0.3, 0.4) is 0 Å². The molecule has 0 amide bonds.